The van der Waals surface area contributed by atoms with E-state index < -0.39 is 10.0 Å². The van der Waals surface area contributed by atoms with E-state index in [1.54, 1.807) is 25.3 Å². The van der Waals surface area contributed by atoms with Crippen LogP contribution in [0.2, 0.25) is 0 Å². The van der Waals surface area contributed by atoms with E-state index in [2.05, 4.69) is 10.0 Å². The Morgan fingerprint density at radius 2 is 1.65 bits per heavy atom. The molecule has 7 heteroatoms. The minimum atomic E-state index is -3.56. The first-order valence-electron chi connectivity index (χ1n) is 8.13. The lowest BCUT2D eigenvalue weighted by atomic mass is 10.2. The van der Waals surface area contributed by atoms with Crippen molar-refractivity contribution in [1.29, 1.82) is 0 Å². The molecule has 1 aromatic heterocycles. The Kier molecular flexibility index (Phi) is 5.49. The standard InChI is InChI=1S/C19H20N2O3S2/c1-3-16-12-13-19(25-16)26(22,23)21-15-10-8-14(9-11-15)20-17-6-4-5-7-18(17)24-2/h4-13,20-21H,3H2,1-2H3. The smallest absolute Gasteiger partial charge is 0.271 e. The second-order valence-corrected chi connectivity index (χ2v) is 8.66. The van der Waals surface area contributed by atoms with Gasteiger partial charge in [0.15, 0.2) is 0 Å². The van der Waals surface area contributed by atoms with Gasteiger partial charge in [0.1, 0.15) is 9.96 Å². The van der Waals surface area contributed by atoms with E-state index in [1.165, 1.54) is 11.3 Å². The summed E-state index contributed by atoms with van der Waals surface area (Å²) in [6.45, 7) is 2.00. The molecule has 0 aliphatic heterocycles. The van der Waals surface area contributed by atoms with Gasteiger partial charge in [0.25, 0.3) is 10.0 Å². The molecule has 136 valence electrons. The summed E-state index contributed by atoms with van der Waals surface area (Å²) >= 11 is 1.29. The first-order valence-corrected chi connectivity index (χ1v) is 10.4. The molecule has 0 amide bonds. The quantitative estimate of drug-likeness (QED) is 0.606. The summed E-state index contributed by atoms with van der Waals surface area (Å²) in [6, 6.07) is 18.2. The van der Waals surface area contributed by atoms with Crippen LogP contribution in [0, 0.1) is 0 Å². The summed E-state index contributed by atoms with van der Waals surface area (Å²) in [5.74, 6) is 0.738. The molecule has 2 aromatic carbocycles. The SMILES string of the molecule is CCc1ccc(S(=O)(=O)Nc2ccc(Nc3ccccc3OC)cc2)s1. The van der Waals surface area contributed by atoms with Gasteiger partial charge >= 0.3 is 0 Å². The van der Waals surface area contributed by atoms with Gasteiger partial charge in [-0.1, -0.05) is 19.1 Å². The van der Waals surface area contributed by atoms with Crippen molar-refractivity contribution in [3.63, 3.8) is 0 Å². The minimum absolute atomic E-state index is 0.325. The van der Waals surface area contributed by atoms with Crippen LogP contribution < -0.4 is 14.8 Å². The van der Waals surface area contributed by atoms with Crippen LogP contribution in [0.25, 0.3) is 0 Å². The first kappa shape index (κ1) is 18.3. The zero-order chi connectivity index (χ0) is 18.6. The van der Waals surface area contributed by atoms with Crippen LogP contribution in [0.4, 0.5) is 17.1 Å². The summed E-state index contributed by atoms with van der Waals surface area (Å²) < 4.78 is 33.2. The molecule has 0 atom stereocenters. The molecule has 0 radical (unpaired) electrons. The van der Waals surface area contributed by atoms with Crippen molar-refractivity contribution >= 4 is 38.4 Å². The average molecular weight is 389 g/mol. The Morgan fingerprint density at radius 1 is 0.962 bits per heavy atom. The highest BCUT2D eigenvalue weighted by molar-refractivity contribution is 7.94. The molecule has 3 rings (SSSR count). The van der Waals surface area contributed by atoms with Gasteiger partial charge in [0.05, 0.1) is 12.8 Å². The first-order chi connectivity index (χ1) is 12.5. The van der Waals surface area contributed by atoms with Gasteiger partial charge in [0.2, 0.25) is 0 Å². The van der Waals surface area contributed by atoms with E-state index >= 15 is 0 Å². The fourth-order valence-electron chi connectivity index (χ4n) is 2.42. The highest BCUT2D eigenvalue weighted by Crippen LogP contribution is 2.28. The number of anilines is 3. The van der Waals surface area contributed by atoms with Crippen LogP contribution in [0.5, 0.6) is 5.75 Å². The van der Waals surface area contributed by atoms with Gasteiger partial charge in [-0.3, -0.25) is 4.72 Å². The number of methoxy groups -OCH3 is 1. The zero-order valence-corrected chi connectivity index (χ0v) is 16.2. The third-order valence-electron chi connectivity index (χ3n) is 3.77. The Morgan fingerprint density at radius 3 is 2.31 bits per heavy atom. The molecule has 0 saturated heterocycles. The average Bonchev–Trinajstić information content (AvgIpc) is 3.14. The lowest BCUT2D eigenvalue weighted by Gasteiger charge is -2.12. The maximum atomic E-state index is 12.5. The summed E-state index contributed by atoms with van der Waals surface area (Å²) in [6.07, 6.45) is 0.823. The predicted molar refractivity (Wildman–Crippen MR) is 107 cm³/mol. The predicted octanol–water partition coefficient (Wildman–Crippen LogP) is 4.86. The molecular formula is C19H20N2O3S2. The molecule has 3 aromatic rings. The van der Waals surface area contributed by atoms with Crippen molar-refractivity contribution in [3.8, 4) is 5.75 Å². The van der Waals surface area contributed by atoms with Crippen molar-refractivity contribution in [2.24, 2.45) is 0 Å². The third kappa shape index (κ3) is 4.17. The third-order valence-corrected chi connectivity index (χ3v) is 6.88. The van der Waals surface area contributed by atoms with E-state index in [4.69, 9.17) is 4.74 Å². The fraction of sp³-hybridized carbons (Fsp3) is 0.158. The maximum Gasteiger partial charge on any atom is 0.271 e. The van der Waals surface area contributed by atoms with Gasteiger partial charge in [0, 0.05) is 16.3 Å². The monoisotopic (exact) mass is 388 g/mol. The Bertz CT molecular complexity index is 980. The number of hydrogen-bond donors (Lipinski definition) is 2. The van der Waals surface area contributed by atoms with Crippen molar-refractivity contribution in [2.75, 3.05) is 17.1 Å². The molecule has 0 unspecified atom stereocenters. The number of aryl methyl sites for hydroxylation is 1. The van der Waals surface area contributed by atoms with Crippen LogP contribution in [0.1, 0.15) is 11.8 Å². The number of nitrogens with one attached hydrogen (secondary N) is 2. The van der Waals surface area contributed by atoms with E-state index in [-0.39, 0.29) is 0 Å². The van der Waals surface area contributed by atoms with E-state index in [0.717, 1.165) is 28.4 Å². The molecule has 0 spiro atoms. The number of sulfonamides is 1. The van der Waals surface area contributed by atoms with Gasteiger partial charge in [-0.15, -0.1) is 11.3 Å². The van der Waals surface area contributed by atoms with E-state index in [1.807, 2.05) is 49.4 Å². The van der Waals surface area contributed by atoms with Gasteiger partial charge in [-0.25, -0.2) is 8.42 Å². The summed E-state index contributed by atoms with van der Waals surface area (Å²) in [7, 11) is -1.94. The van der Waals surface area contributed by atoms with E-state index in [9.17, 15) is 8.42 Å². The Balaban J connectivity index is 1.73. The van der Waals surface area contributed by atoms with Gasteiger partial charge < -0.3 is 10.1 Å². The number of thiophene rings is 1. The molecule has 26 heavy (non-hydrogen) atoms. The Hall–Kier alpha value is -2.51. The molecule has 2 N–H and O–H groups in total. The van der Waals surface area contributed by atoms with Gasteiger partial charge in [-0.05, 0) is 55.0 Å². The van der Waals surface area contributed by atoms with Crippen molar-refractivity contribution < 1.29 is 13.2 Å². The highest BCUT2D eigenvalue weighted by Gasteiger charge is 2.16. The summed E-state index contributed by atoms with van der Waals surface area (Å²) in [5, 5.41) is 3.26. The number of ether oxygens (including phenoxy) is 1. The van der Waals surface area contributed by atoms with E-state index in [0.29, 0.717) is 9.90 Å². The largest absolute Gasteiger partial charge is 0.495 e. The number of benzene rings is 2. The Labute approximate surface area is 157 Å². The van der Waals surface area contributed by atoms with Crippen molar-refractivity contribution in [1.82, 2.24) is 0 Å². The second kappa shape index (κ2) is 7.80. The zero-order valence-electron chi connectivity index (χ0n) is 14.5. The van der Waals surface area contributed by atoms with Crippen molar-refractivity contribution in [2.45, 2.75) is 17.6 Å². The number of para-hydroxylation sites is 2. The van der Waals surface area contributed by atoms with Crippen LogP contribution in [-0.2, 0) is 16.4 Å². The molecule has 0 saturated carbocycles. The molecule has 0 aliphatic carbocycles. The number of rotatable bonds is 7. The maximum absolute atomic E-state index is 12.5. The molecular weight excluding hydrogens is 368 g/mol. The normalized spacial score (nSPS) is 11.2. The molecule has 1 heterocycles. The topological polar surface area (TPSA) is 67.4 Å². The fourth-order valence-corrected chi connectivity index (χ4v) is 4.78. The molecule has 0 bridgehead atoms. The molecule has 0 fully saturated rings. The van der Waals surface area contributed by atoms with Gasteiger partial charge in [-0.2, -0.15) is 0 Å². The minimum Gasteiger partial charge on any atom is -0.495 e. The molecule has 0 aliphatic rings. The second-order valence-electron chi connectivity index (χ2n) is 5.58. The van der Waals surface area contributed by atoms with Crippen LogP contribution in [0.15, 0.2) is 64.9 Å². The lowest BCUT2D eigenvalue weighted by Crippen LogP contribution is -2.11. The van der Waals surface area contributed by atoms with Crippen LogP contribution in [-0.4, -0.2) is 15.5 Å². The summed E-state index contributed by atoms with van der Waals surface area (Å²) in [4.78, 5) is 1.04. The lowest BCUT2D eigenvalue weighted by molar-refractivity contribution is 0.417. The molecule has 5 nitrogen and oxygen atoms in total. The highest BCUT2D eigenvalue weighted by atomic mass is 32.2. The number of hydrogen-bond acceptors (Lipinski definition) is 5. The van der Waals surface area contributed by atoms with Crippen LogP contribution in [0.3, 0.4) is 0 Å². The van der Waals surface area contributed by atoms with Crippen LogP contribution >= 0.6 is 11.3 Å². The van der Waals surface area contributed by atoms with Crippen molar-refractivity contribution in [3.05, 3.63) is 65.5 Å². The summed E-state index contributed by atoms with van der Waals surface area (Å²) in [5.41, 5.74) is 2.19.